The van der Waals surface area contributed by atoms with Crippen molar-refractivity contribution in [2.24, 2.45) is 10.7 Å². The van der Waals surface area contributed by atoms with Gasteiger partial charge in [0.25, 0.3) is 0 Å². The second-order valence-corrected chi connectivity index (χ2v) is 6.09. The van der Waals surface area contributed by atoms with Crippen LogP contribution in [0.5, 0.6) is 17.2 Å². The van der Waals surface area contributed by atoms with Gasteiger partial charge in [0.1, 0.15) is 29.2 Å². The minimum absolute atomic E-state index is 0.301. The van der Waals surface area contributed by atoms with Gasteiger partial charge < -0.3 is 19.9 Å². The van der Waals surface area contributed by atoms with E-state index in [-0.39, 0.29) is 0 Å². The van der Waals surface area contributed by atoms with E-state index in [2.05, 4.69) is 9.98 Å². The summed E-state index contributed by atoms with van der Waals surface area (Å²) >= 11 is 0. The van der Waals surface area contributed by atoms with Crippen molar-refractivity contribution in [2.75, 3.05) is 27.4 Å². The molecule has 0 unspecified atom stereocenters. The number of hydrogen-bond donors (Lipinski definition) is 1. The molecule has 0 aliphatic carbocycles. The van der Waals surface area contributed by atoms with Crippen LogP contribution in [0, 0.1) is 11.3 Å². The molecule has 2 rings (SSSR count). The smallest absolute Gasteiger partial charge is 0.151 e. The Hall–Kier alpha value is -3.27. The van der Waals surface area contributed by atoms with Crippen molar-refractivity contribution in [3.63, 3.8) is 0 Å². The maximum absolute atomic E-state index is 9.05. The van der Waals surface area contributed by atoms with Gasteiger partial charge in [-0.25, -0.2) is 4.98 Å². The molecule has 2 aromatic rings. The number of aliphatic imine (C=N–C) groups is 1. The maximum atomic E-state index is 9.05. The number of aromatic nitrogens is 1. The summed E-state index contributed by atoms with van der Waals surface area (Å²) in [6.07, 6.45) is 5.50. The monoisotopic (exact) mass is 382 g/mol. The van der Waals surface area contributed by atoms with E-state index >= 15 is 0 Å². The topological polar surface area (TPSA) is 103 Å². The van der Waals surface area contributed by atoms with Gasteiger partial charge in [0.2, 0.25) is 0 Å². The molecule has 2 N–H and O–H groups in total. The summed E-state index contributed by atoms with van der Waals surface area (Å²) in [5.74, 6) is 2.51. The summed E-state index contributed by atoms with van der Waals surface area (Å²) in [7, 11) is 3.23. The standard InChI is InChI=1S/C21H26N4O3/c1-26-16-12-17(27-2)14-18(13-16)28-11-6-4-3-5-9-25-21(23)19-8-7-10-24-20(19)15-22/h7-8,10,12-14H,3-6,9,11H2,1-2H3,(H2,23,25). The van der Waals surface area contributed by atoms with Crippen molar-refractivity contribution < 1.29 is 14.2 Å². The van der Waals surface area contributed by atoms with Gasteiger partial charge in [0.05, 0.1) is 26.4 Å². The van der Waals surface area contributed by atoms with Gasteiger partial charge in [-0.1, -0.05) is 6.42 Å². The number of nitrogens with two attached hydrogens (primary N) is 1. The fraction of sp³-hybridized carbons (Fsp3) is 0.381. The molecular weight excluding hydrogens is 356 g/mol. The summed E-state index contributed by atoms with van der Waals surface area (Å²) in [5, 5.41) is 9.05. The molecule has 1 heterocycles. The lowest BCUT2D eigenvalue weighted by Crippen LogP contribution is -2.16. The van der Waals surface area contributed by atoms with Crippen molar-refractivity contribution in [3.05, 3.63) is 47.8 Å². The third kappa shape index (κ3) is 6.47. The molecule has 7 heteroatoms. The first-order valence-electron chi connectivity index (χ1n) is 9.19. The lowest BCUT2D eigenvalue weighted by molar-refractivity contribution is 0.299. The summed E-state index contributed by atoms with van der Waals surface area (Å²) in [6, 6.07) is 11.0. The summed E-state index contributed by atoms with van der Waals surface area (Å²) < 4.78 is 16.2. The van der Waals surface area contributed by atoms with E-state index in [1.54, 1.807) is 32.5 Å². The average Bonchev–Trinajstić information content (AvgIpc) is 2.74. The molecule has 0 radical (unpaired) electrons. The number of pyridine rings is 1. The second kappa shape index (κ2) is 11.4. The first-order chi connectivity index (χ1) is 13.7. The van der Waals surface area contributed by atoms with Gasteiger partial charge in [-0.3, -0.25) is 4.99 Å². The van der Waals surface area contributed by atoms with Crippen LogP contribution < -0.4 is 19.9 Å². The molecule has 0 saturated heterocycles. The minimum Gasteiger partial charge on any atom is -0.496 e. The van der Waals surface area contributed by atoms with E-state index in [0.29, 0.717) is 41.7 Å². The number of hydrogen-bond acceptors (Lipinski definition) is 6. The number of nitriles is 1. The third-order valence-electron chi connectivity index (χ3n) is 4.12. The summed E-state index contributed by atoms with van der Waals surface area (Å²) in [5.41, 5.74) is 6.85. The van der Waals surface area contributed by atoms with Crippen molar-refractivity contribution in [2.45, 2.75) is 25.7 Å². The molecule has 148 valence electrons. The van der Waals surface area contributed by atoms with Crippen LogP contribution in [-0.4, -0.2) is 38.2 Å². The number of nitrogens with zero attached hydrogens (tertiary/aromatic N) is 3. The lowest BCUT2D eigenvalue weighted by Gasteiger charge is -2.10. The Kier molecular flexibility index (Phi) is 8.60. The molecule has 0 fully saturated rings. The summed E-state index contributed by atoms with van der Waals surface area (Å²) in [4.78, 5) is 8.34. The molecule has 0 aliphatic rings. The highest BCUT2D eigenvalue weighted by Gasteiger charge is 2.06. The maximum Gasteiger partial charge on any atom is 0.151 e. The van der Waals surface area contributed by atoms with Gasteiger partial charge in [0, 0.05) is 30.9 Å². The van der Waals surface area contributed by atoms with E-state index in [1.165, 1.54) is 0 Å². The van der Waals surface area contributed by atoms with Gasteiger partial charge in [-0.2, -0.15) is 5.26 Å². The van der Waals surface area contributed by atoms with Crippen LogP contribution in [0.2, 0.25) is 0 Å². The molecule has 0 amide bonds. The molecule has 0 spiro atoms. The molecule has 0 atom stereocenters. The average molecular weight is 382 g/mol. The van der Waals surface area contributed by atoms with Crippen LogP contribution in [-0.2, 0) is 0 Å². The number of ether oxygens (including phenoxy) is 3. The van der Waals surface area contributed by atoms with E-state index in [1.807, 2.05) is 24.3 Å². The van der Waals surface area contributed by atoms with E-state index in [0.717, 1.165) is 31.4 Å². The Morgan fingerprint density at radius 2 is 1.75 bits per heavy atom. The Morgan fingerprint density at radius 3 is 2.43 bits per heavy atom. The Balaban J connectivity index is 1.67. The number of rotatable bonds is 11. The van der Waals surface area contributed by atoms with E-state index in [9.17, 15) is 0 Å². The highest BCUT2D eigenvalue weighted by atomic mass is 16.5. The zero-order chi connectivity index (χ0) is 20.2. The van der Waals surface area contributed by atoms with E-state index in [4.69, 9.17) is 25.2 Å². The van der Waals surface area contributed by atoms with Crippen LogP contribution in [0.4, 0.5) is 0 Å². The van der Waals surface area contributed by atoms with Gasteiger partial charge in [-0.05, 0) is 31.4 Å². The highest BCUT2D eigenvalue weighted by Crippen LogP contribution is 2.27. The zero-order valence-corrected chi connectivity index (χ0v) is 16.4. The molecule has 0 bridgehead atoms. The van der Waals surface area contributed by atoms with Gasteiger partial charge >= 0.3 is 0 Å². The van der Waals surface area contributed by atoms with Crippen LogP contribution in [0.25, 0.3) is 0 Å². The number of benzene rings is 1. The predicted octanol–water partition coefficient (Wildman–Crippen LogP) is 3.32. The fourth-order valence-corrected chi connectivity index (χ4v) is 2.61. The SMILES string of the molecule is COc1cc(OC)cc(OCCCCCCN=C(N)c2cccnc2C#N)c1. The fourth-order valence-electron chi connectivity index (χ4n) is 2.61. The third-order valence-corrected chi connectivity index (χ3v) is 4.12. The van der Waals surface area contributed by atoms with Crippen LogP contribution >= 0.6 is 0 Å². The first-order valence-corrected chi connectivity index (χ1v) is 9.19. The highest BCUT2D eigenvalue weighted by molar-refractivity contribution is 5.99. The van der Waals surface area contributed by atoms with Crippen molar-refractivity contribution in [3.8, 4) is 23.3 Å². The second-order valence-electron chi connectivity index (χ2n) is 6.09. The van der Waals surface area contributed by atoms with Gasteiger partial charge in [0.15, 0.2) is 5.69 Å². The molecule has 1 aromatic heterocycles. The normalized spacial score (nSPS) is 11.0. The quantitative estimate of drug-likeness (QED) is 0.363. The van der Waals surface area contributed by atoms with Crippen molar-refractivity contribution in [1.29, 1.82) is 5.26 Å². The molecule has 1 aromatic carbocycles. The molecule has 7 nitrogen and oxygen atoms in total. The zero-order valence-electron chi connectivity index (χ0n) is 16.4. The minimum atomic E-state index is 0.301. The summed E-state index contributed by atoms with van der Waals surface area (Å²) in [6.45, 7) is 1.25. The Labute approximate surface area is 165 Å². The van der Waals surface area contributed by atoms with Gasteiger partial charge in [-0.15, -0.1) is 0 Å². The lowest BCUT2D eigenvalue weighted by atomic mass is 10.2. The number of methoxy groups -OCH3 is 2. The predicted molar refractivity (Wildman–Crippen MR) is 108 cm³/mol. The Morgan fingerprint density at radius 1 is 1.07 bits per heavy atom. The largest absolute Gasteiger partial charge is 0.496 e. The molecular formula is C21H26N4O3. The molecule has 0 saturated carbocycles. The number of unbranched alkanes of at least 4 members (excludes halogenated alkanes) is 3. The van der Waals surface area contributed by atoms with Crippen LogP contribution in [0.3, 0.4) is 0 Å². The van der Waals surface area contributed by atoms with Crippen molar-refractivity contribution in [1.82, 2.24) is 4.98 Å². The number of amidine groups is 1. The van der Waals surface area contributed by atoms with Crippen molar-refractivity contribution >= 4 is 5.84 Å². The molecule has 0 aliphatic heterocycles. The Bertz CT molecular complexity index is 808. The van der Waals surface area contributed by atoms with Crippen LogP contribution in [0.15, 0.2) is 41.5 Å². The first kappa shape index (κ1) is 21.0. The van der Waals surface area contributed by atoms with E-state index < -0.39 is 0 Å². The van der Waals surface area contributed by atoms with Crippen LogP contribution in [0.1, 0.15) is 36.9 Å². The molecule has 28 heavy (non-hydrogen) atoms.